The minimum absolute atomic E-state index is 0.0633. The summed E-state index contributed by atoms with van der Waals surface area (Å²) < 4.78 is 32.7. The van der Waals surface area contributed by atoms with E-state index in [2.05, 4.69) is 15.6 Å². The Balaban J connectivity index is 2.06. The normalized spacial score (nSPS) is 16.6. The Morgan fingerprint density at radius 2 is 1.90 bits per heavy atom. The first-order valence-corrected chi connectivity index (χ1v) is 6.99. The molecule has 1 aliphatic rings. The first-order chi connectivity index (χ1) is 9.60. The number of halogens is 2. The molecule has 1 aromatic heterocycles. The van der Waals surface area contributed by atoms with Crippen molar-refractivity contribution < 1.29 is 13.5 Å². The number of nitrogens with zero attached hydrogens (tertiary/aromatic N) is 1. The molecule has 1 aromatic rings. The number of pyridine rings is 1. The molecule has 2 rings (SSSR count). The second-order valence-electron chi connectivity index (χ2n) is 5.17. The number of ether oxygens (including phenoxy) is 1. The predicted molar refractivity (Wildman–Crippen MR) is 75.0 cm³/mol. The number of aromatic nitrogens is 1. The maximum atomic E-state index is 13.7. The van der Waals surface area contributed by atoms with E-state index in [1.54, 1.807) is 7.11 Å². The fourth-order valence-electron chi connectivity index (χ4n) is 2.23. The molecule has 0 saturated heterocycles. The van der Waals surface area contributed by atoms with Gasteiger partial charge in [-0.3, -0.25) is 0 Å². The quantitative estimate of drug-likeness (QED) is 0.808. The summed E-state index contributed by atoms with van der Waals surface area (Å²) in [6.07, 6.45) is 3.84. The van der Waals surface area contributed by atoms with Crippen LogP contribution < -0.4 is 10.6 Å². The van der Waals surface area contributed by atoms with Crippen LogP contribution in [0.5, 0.6) is 0 Å². The number of hydrogen-bond acceptors (Lipinski definition) is 4. The number of anilines is 2. The van der Waals surface area contributed by atoms with Crippen molar-refractivity contribution in [2.45, 2.75) is 38.2 Å². The third kappa shape index (κ3) is 3.17. The molecule has 0 aromatic carbocycles. The van der Waals surface area contributed by atoms with Gasteiger partial charge in [0, 0.05) is 26.3 Å². The molecular formula is C14H21F2N3O. The van der Waals surface area contributed by atoms with Crippen molar-refractivity contribution >= 4 is 11.6 Å². The molecular weight excluding hydrogens is 264 g/mol. The second-order valence-corrected chi connectivity index (χ2v) is 5.17. The van der Waals surface area contributed by atoms with E-state index in [4.69, 9.17) is 4.74 Å². The lowest BCUT2D eigenvalue weighted by molar-refractivity contribution is -0.0602. The first-order valence-electron chi connectivity index (χ1n) is 6.99. The highest BCUT2D eigenvalue weighted by molar-refractivity contribution is 5.47. The highest BCUT2D eigenvalue weighted by atomic mass is 19.1. The average molecular weight is 285 g/mol. The van der Waals surface area contributed by atoms with Gasteiger partial charge in [0.15, 0.2) is 23.3 Å². The smallest absolute Gasteiger partial charge is 0.168 e. The van der Waals surface area contributed by atoms with Gasteiger partial charge in [-0.05, 0) is 25.7 Å². The van der Waals surface area contributed by atoms with Crippen LogP contribution in [0, 0.1) is 11.6 Å². The molecule has 20 heavy (non-hydrogen) atoms. The van der Waals surface area contributed by atoms with E-state index in [1.807, 2.05) is 6.92 Å². The summed E-state index contributed by atoms with van der Waals surface area (Å²) in [5.74, 6) is -1.22. The van der Waals surface area contributed by atoms with Crippen LogP contribution in [0.2, 0.25) is 0 Å². The molecule has 6 heteroatoms. The Bertz CT molecular complexity index is 458. The van der Waals surface area contributed by atoms with Crippen molar-refractivity contribution in [2.75, 3.05) is 30.8 Å². The summed E-state index contributed by atoms with van der Waals surface area (Å²) >= 11 is 0. The summed E-state index contributed by atoms with van der Waals surface area (Å²) in [4.78, 5) is 3.98. The standard InChI is InChI=1S/C14H21F2N3O/c1-3-7-17-12-10(15)8-11(16)13(19-12)18-9-14(20-2)5-4-6-14/h8H,3-7,9H2,1-2H3,(H2,17,18,19). The number of nitrogens with one attached hydrogen (secondary N) is 2. The molecule has 0 aliphatic heterocycles. The Morgan fingerprint density at radius 1 is 1.25 bits per heavy atom. The molecule has 0 atom stereocenters. The molecule has 0 spiro atoms. The Labute approximate surface area is 117 Å². The SMILES string of the molecule is CCCNc1nc(NCC2(OC)CCC2)c(F)cc1F. The molecule has 2 N–H and O–H groups in total. The molecule has 0 radical (unpaired) electrons. The van der Waals surface area contributed by atoms with Gasteiger partial charge in [0.25, 0.3) is 0 Å². The highest BCUT2D eigenvalue weighted by Crippen LogP contribution is 2.35. The van der Waals surface area contributed by atoms with Crippen LogP contribution in [0.25, 0.3) is 0 Å². The molecule has 0 bridgehead atoms. The van der Waals surface area contributed by atoms with Gasteiger partial charge >= 0.3 is 0 Å². The summed E-state index contributed by atoms with van der Waals surface area (Å²) in [7, 11) is 1.66. The van der Waals surface area contributed by atoms with Gasteiger partial charge in [0.1, 0.15) is 0 Å². The lowest BCUT2D eigenvalue weighted by Gasteiger charge is -2.40. The third-order valence-corrected chi connectivity index (χ3v) is 3.75. The van der Waals surface area contributed by atoms with Gasteiger partial charge in [0.2, 0.25) is 0 Å². The monoisotopic (exact) mass is 285 g/mol. The number of methoxy groups -OCH3 is 1. The Kier molecular flexibility index (Phi) is 4.75. The van der Waals surface area contributed by atoms with Crippen LogP contribution in [-0.4, -0.2) is 30.8 Å². The molecule has 1 saturated carbocycles. The van der Waals surface area contributed by atoms with Crippen LogP contribution in [0.15, 0.2) is 6.07 Å². The molecule has 1 heterocycles. The number of rotatable bonds is 7. The second kappa shape index (κ2) is 6.35. The Morgan fingerprint density at radius 3 is 2.40 bits per heavy atom. The summed E-state index contributed by atoms with van der Waals surface area (Å²) in [6.45, 7) is 3.04. The van der Waals surface area contributed by atoms with Crippen LogP contribution in [0.4, 0.5) is 20.4 Å². The molecule has 0 amide bonds. The van der Waals surface area contributed by atoms with Gasteiger partial charge in [-0.25, -0.2) is 13.8 Å². The van der Waals surface area contributed by atoms with Crippen molar-refractivity contribution in [1.29, 1.82) is 0 Å². The summed E-state index contributed by atoms with van der Waals surface area (Å²) in [5, 5.41) is 5.78. The first kappa shape index (κ1) is 15.0. The summed E-state index contributed by atoms with van der Waals surface area (Å²) in [6, 6.07) is 0.855. The van der Waals surface area contributed by atoms with Crippen LogP contribution in [0.1, 0.15) is 32.6 Å². The zero-order chi connectivity index (χ0) is 14.6. The predicted octanol–water partition coefficient (Wildman–Crippen LogP) is 3.16. The van der Waals surface area contributed by atoms with Gasteiger partial charge in [0.05, 0.1) is 5.60 Å². The van der Waals surface area contributed by atoms with Crippen LogP contribution in [-0.2, 0) is 4.74 Å². The fraction of sp³-hybridized carbons (Fsp3) is 0.643. The molecule has 1 fully saturated rings. The summed E-state index contributed by atoms with van der Waals surface area (Å²) in [5.41, 5.74) is -0.237. The van der Waals surface area contributed by atoms with E-state index in [-0.39, 0.29) is 17.2 Å². The van der Waals surface area contributed by atoms with Crippen molar-refractivity contribution in [3.05, 3.63) is 17.7 Å². The number of hydrogen-bond donors (Lipinski definition) is 2. The van der Waals surface area contributed by atoms with Crippen molar-refractivity contribution in [3.63, 3.8) is 0 Å². The van der Waals surface area contributed by atoms with Crippen molar-refractivity contribution in [1.82, 2.24) is 4.98 Å². The molecule has 112 valence electrons. The van der Waals surface area contributed by atoms with Gasteiger partial charge in [-0.1, -0.05) is 6.92 Å². The zero-order valence-corrected chi connectivity index (χ0v) is 11.9. The van der Waals surface area contributed by atoms with E-state index >= 15 is 0 Å². The van der Waals surface area contributed by atoms with Gasteiger partial charge < -0.3 is 15.4 Å². The van der Waals surface area contributed by atoms with E-state index in [0.717, 1.165) is 31.7 Å². The minimum Gasteiger partial charge on any atom is -0.376 e. The van der Waals surface area contributed by atoms with E-state index in [1.165, 1.54) is 0 Å². The molecule has 0 unspecified atom stereocenters. The molecule has 1 aliphatic carbocycles. The highest BCUT2D eigenvalue weighted by Gasteiger charge is 2.37. The van der Waals surface area contributed by atoms with Crippen molar-refractivity contribution in [3.8, 4) is 0 Å². The van der Waals surface area contributed by atoms with Crippen LogP contribution in [0.3, 0.4) is 0 Å². The van der Waals surface area contributed by atoms with Crippen molar-refractivity contribution in [2.24, 2.45) is 0 Å². The van der Waals surface area contributed by atoms with E-state index in [9.17, 15) is 8.78 Å². The van der Waals surface area contributed by atoms with Gasteiger partial charge in [-0.2, -0.15) is 0 Å². The largest absolute Gasteiger partial charge is 0.376 e. The minimum atomic E-state index is -0.685. The topological polar surface area (TPSA) is 46.2 Å². The third-order valence-electron chi connectivity index (χ3n) is 3.75. The maximum absolute atomic E-state index is 13.7. The fourth-order valence-corrected chi connectivity index (χ4v) is 2.23. The maximum Gasteiger partial charge on any atom is 0.168 e. The molecule has 4 nitrogen and oxygen atoms in total. The van der Waals surface area contributed by atoms with Crippen LogP contribution >= 0.6 is 0 Å². The zero-order valence-electron chi connectivity index (χ0n) is 11.9. The lowest BCUT2D eigenvalue weighted by Crippen LogP contribution is -2.45. The lowest BCUT2D eigenvalue weighted by atomic mass is 9.80. The van der Waals surface area contributed by atoms with Gasteiger partial charge in [-0.15, -0.1) is 0 Å². The van der Waals surface area contributed by atoms with E-state index in [0.29, 0.717) is 13.1 Å². The Hall–Kier alpha value is -1.43. The average Bonchev–Trinajstić information content (AvgIpc) is 2.39. The van der Waals surface area contributed by atoms with E-state index < -0.39 is 11.6 Å².